The van der Waals surface area contributed by atoms with Gasteiger partial charge in [0.1, 0.15) is 5.25 Å². The first-order valence-corrected chi connectivity index (χ1v) is 10.3. The average molecular weight is 394 g/mol. The number of hydrogen-bond acceptors (Lipinski definition) is 5. The van der Waals surface area contributed by atoms with Gasteiger partial charge in [0.2, 0.25) is 11.1 Å². The van der Waals surface area contributed by atoms with Crippen molar-refractivity contribution in [1.29, 1.82) is 0 Å². The van der Waals surface area contributed by atoms with E-state index in [-0.39, 0.29) is 17.2 Å². The Labute approximate surface area is 168 Å². The molecule has 1 aliphatic rings. The van der Waals surface area contributed by atoms with Crippen molar-refractivity contribution < 1.29 is 4.79 Å². The third kappa shape index (κ3) is 3.49. The number of nitrogens with one attached hydrogen (secondary N) is 2. The van der Waals surface area contributed by atoms with Crippen molar-refractivity contribution >= 4 is 23.4 Å². The van der Waals surface area contributed by atoms with Gasteiger partial charge in [0.05, 0.1) is 6.04 Å². The number of aromatic nitrogens is 3. The lowest BCUT2D eigenvalue weighted by atomic mass is 10.0. The molecule has 2 N–H and O–H groups in total. The Kier molecular flexibility index (Phi) is 5.09. The first-order chi connectivity index (χ1) is 13.6. The van der Waals surface area contributed by atoms with Gasteiger partial charge in [-0.25, -0.2) is 4.68 Å². The van der Waals surface area contributed by atoms with Crippen LogP contribution in [0, 0.1) is 13.8 Å². The van der Waals surface area contributed by atoms with Crippen molar-refractivity contribution in [3.63, 3.8) is 0 Å². The maximum atomic E-state index is 13.2. The zero-order valence-corrected chi connectivity index (χ0v) is 17.0. The number of fused-ring (bicyclic) bond motifs is 1. The second kappa shape index (κ2) is 7.67. The molecule has 0 bridgehead atoms. The molecule has 0 saturated carbocycles. The van der Waals surface area contributed by atoms with Gasteiger partial charge in [0.15, 0.2) is 5.82 Å². The lowest BCUT2D eigenvalue weighted by molar-refractivity contribution is -0.116. The molecule has 1 aromatic heterocycles. The molecule has 0 spiro atoms. The fourth-order valence-electron chi connectivity index (χ4n) is 3.27. The van der Waals surface area contributed by atoms with E-state index in [2.05, 4.69) is 52.1 Å². The molecular formula is C21H23N5OS. The number of nitrogens with zero attached hydrogens (tertiary/aromatic N) is 3. The van der Waals surface area contributed by atoms with E-state index in [1.54, 1.807) is 0 Å². The Bertz CT molecular complexity index is 998. The highest BCUT2D eigenvalue weighted by Crippen LogP contribution is 2.37. The maximum Gasteiger partial charge on any atom is 0.240 e. The summed E-state index contributed by atoms with van der Waals surface area (Å²) >= 11 is 1.45. The van der Waals surface area contributed by atoms with Gasteiger partial charge >= 0.3 is 0 Å². The number of anilines is 1. The topological polar surface area (TPSA) is 71.8 Å². The summed E-state index contributed by atoms with van der Waals surface area (Å²) in [5.74, 6) is 0.807. The Morgan fingerprint density at radius 3 is 2.61 bits per heavy atom. The van der Waals surface area contributed by atoms with E-state index in [9.17, 15) is 4.79 Å². The normalized spacial score (nSPS) is 18.2. The third-order valence-corrected chi connectivity index (χ3v) is 6.13. The predicted molar refractivity (Wildman–Crippen MR) is 112 cm³/mol. The summed E-state index contributed by atoms with van der Waals surface area (Å²) in [5, 5.41) is 11.9. The Morgan fingerprint density at radius 2 is 1.89 bits per heavy atom. The molecule has 2 aromatic carbocycles. The minimum absolute atomic E-state index is 0.0512. The van der Waals surface area contributed by atoms with Gasteiger partial charge in [0, 0.05) is 12.1 Å². The van der Waals surface area contributed by atoms with Crippen LogP contribution in [0.15, 0.2) is 53.7 Å². The molecule has 0 fully saturated rings. The lowest BCUT2D eigenvalue weighted by Crippen LogP contribution is -2.41. The molecule has 3 aromatic rings. The molecule has 0 saturated heterocycles. The Hall–Kier alpha value is -2.80. The summed E-state index contributed by atoms with van der Waals surface area (Å²) in [6, 6.07) is 15.9. The summed E-state index contributed by atoms with van der Waals surface area (Å²) in [4.78, 5) is 13.2. The number of para-hydroxylation sites is 1. The molecule has 0 aliphatic carbocycles. The fourth-order valence-corrected chi connectivity index (χ4v) is 4.37. The second-order valence-corrected chi connectivity index (χ2v) is 8.06. The summed E-state index contributed by atoms with van der Waals surface area (Å²) in [7, 11) is 0. The number of carbonyl (C=O) groups is 1. The minimum atomic E-state index is -0.372. The van der Waals surface area contributed by atoms with E-state index < -0.39 is 0 Å². The summed E-state index contributed by atoms with van der Waals surface area (Å²) < 4.78 is 1.91. The van der Waals surface area contributed by atoms with Crippen LogP contribution in [-0.2, 0) is 11.2 Å². The molecule has 0 radical (unpaired) electrons. The van der Waals surface area contributed by atoms with Crippen LogP contribution < -0.4 is 10.7 Å². The molecule has 6 nitrogen and oxygen atoms in total. The first-order valence-electron chi connectivity index (χ1n) is 9.37. The van der Waals surface area contributed by atoms with Gasteiger partial charge in [0.25, 0.3) is 0 Å². The van der Waals surface area contributed by atoms with E-state index in [4.69, 9.17) is 0 Å². The quantitative estimate of drug-likeness (QED) is 0.704. The van der Waals surface area contributed by atoms with Crippen LogP contribution in [0.3, 0.4) is 0 Å². The average Bonchev–Trinajstić information content (AvgIpc) is 3.11. The van der Waals surface area contributed by atoms with Gasteiger partial charge in [-0.1, -0.05) is 66.7 Å². The second-order valence-electron chi connectivity index (χ2n) is 6.95. The summed E-state index contributed by atoms with van der Waals surface area (Å²) in [6.45, 7) is 6.09. The lowest BCUT2D eigenvalue weighted by Gasteiger charge is -2.33. The molecule has 28 heavy (non-hydrogen) atoms. The maximum absolute atomic E-state index is 13.2. The smallest absolute Gasteiger partial charge is 0.240 e. The Morgan fingerprint density at radius 1 is 1.14 bits per heavy atom. The highest BCUT2D eigenvalue weighted by molar-refractivity contribution is 8.00. The van der Waals surface area contributed by atoms with Crippen LogP contribution in [0.5, 0.6) is 0 Å². The van der Waals surface area contributed by atoms with Crippen LogP contribution in [0.25, 0.3) is 0 Å². The van der Waals surface area contributed by atoms with Crippen molar-refractivity contribution in [2.45, 2.75) is 43.6 Å². The van der Waals surface area contributed by atoms with E-state index in [1.165, 1.54) is 17.3 Å². The number of thioether (sulfide) groups is 1. The highest BCUT2D eigenvalue weighted by Gasteiger charge is 2.37. The standard InChI is InChI=1S/C21H23N5OS/c1-4-17-23-24-21-26(17)25-18(15-11-9-13(2)10-12-15)19(28-21)20(27)22-16-8-6-5-7-14(16)3/h5-12,18-19,25H,4H2,1-3H3,(H,22,27)/t18-,19+/m0/s1. The zero-order chi connectivity index (χ0) is 19.7. The van der Waals surface area contributed by atoms with Crippen LogP contribution >= 0.6 is 11.8 Å². The number of aryl methyl sites for hydroxylation is 3. The van der Waals surface area contributed by atoms with E-state index in [0.717, 1.165) is 29.1 Å². The SMILES string of the molecule is CCc1nnc2n1N[C@@H](c1ccc(C)cc1)[C@H](C(=O)Nc1ccccc1C)S2. The zero-order valence-electron chi connectivity index (χ0n) is 16.1. The van der Waals surface area contributed by atoms with E-state index in [0.29, 0.717) is 5.16 Å². The molecule has 7 heteroatoms. The summed E-state index contributed by atoms with van der Waals surface area (Å²) in [6.07, 6.45) is 0.765. The van der Waals surface area contributed by atoms with Crippen LogP contribution in [0.1, 0.15) is 35.5 Å². The molecular weight excluding hydrogens is 370 g/mol. The highest BCUT2D eigenvalue weighted by atomic mass is 32.2. The van der Waals surface area contributed by atoms with Crippen LogP contribution in [-0.4, -0.2) is 26.0 Å². The number of rotatable bonds is 4. The number of benzene rings is 2. The summed E-state index contributed by atoms with van der Waals surface area (Å²) in [5.41, 5.74) is 7.59. The molecule has 0 unspecified atom stereocenters. The fraction of sp³-hybridized carbons (Fsp3) is 0.286. The van der Waals surface area contributed by atoms with Gasteiger partial charge in [-0.3, -0.25) is 4.79 Å². The van der Waals surface area contributed by atoms with Crippen molar-refractivity contribution in [1.82, 2.24) is 14.9 Å². The molecule has 2 heterocycles. The van der Waals surface area contributed by atoms with Crippen molar-refractivity contribution in [3.05, 3.63) is 71.0 Å². The van der Waals surface area contributed by atoms with Crippen LogP contribution in [0.2, 0.25) is 0 Å². The van der Waals surface area contributed by atoms with Crippen molar-refractivity contribution in [2.75, 3.05) is 10.7 Å². The molecule has 1 amide bonds. The van der Waals surface area contributed by atoms with Crippen molar-refractivity contribution in [3.8, 4) is 0 Å². The molecule has 144 valence electrons. The first kappa shape index (κ1) is 18.6. The Balaban J connectivity index is 1.68. The van der Waals surface area contributed by atoms with Crippen LogP contribution in [0.4, 0.5) is 5.69 Å². The minimum Gasteiger partial charge on any atom is -0.325 e. The van der Waals surface area contributed by atoms with Gasteiger partial charge in [-0.15, -0.1) is 10.2 Å². The molecule has 4 rings (SSSR count). The number of amides is 1. The predicted octanol–water partition coefficient (Wildman–Crippen LogP) is 3.86. The third-order valence-electron chi connectivity index (χ3n) is 4.92. The van der Waals surface area contributed by atoms with Gasteiger partial charge < -0.3 is 10.7 Å². The molecule has 1 aliphatic heterocycles. The number of carbonyl (C=O) groups excluding carboxylic acids is 1. The largest absolute Gasteiger partial charge is 0.325 e. The number of hydrogen-bond donors (Lipinski definition) is 2. The van der Waals surface area contributed by atoms with Crippen molar-refractivity contribution in [2.24, 2.45) is 0 Å². The van der Waals surface area contributed by atoms with E-state index in [1.807, 2.05) is 42.8 Å². The van der Waals surface area contributed by atoms with E-state index >= 15 is 0 Å². The monoisotopic (exact) mass is 393 g/mol. The molecule has 2 atom stereocenters. The van der Waals surface area contributed by atoms with Gasteiger partial charge in [-0.2, -0.15) is 0 Å². The van der Waals surface area contributed by atoms with Gasteiger partial charge in [-0.05, 0) is 31.0 Å².